The molecule has 2 fully saturated rings. The van der Waals surface area contributed by atoms with Gasteiger partial charge in [0, 0.05) is 10.9 Å². The molecule has 1 saturated heterocycles. The van der Waals surface area contributed by atoms with Gasteiger partial charge in [-0.1, -0.05) is 19.1 Å². The van der Waals surface area contributed by atoms with Crippen LogP contribution < -0.4 is 5.32 Å². The smallest absolute Gasteiger partial charge is 0.238 e. The van der Waals surface area contributed by atoms with Crippen LogP contribution in [0.25, 0.3) is 0 Å². The summed E-state index contributed by atoms with van der Waals surface area (Å²) in [4.78, 5) is 15.4. The van der Waals surface area contributed by atoms with E-state index >= 15 is 0 Å². The van der Waals surface area contributed by atoms with Crippen LogP contribution in [0.3, 0.4) is 0 Å². The molecule has 0 radical (unpaired) electrons. The van der Waals surface area contributed by atoms with Crippen LogP contribution in [0.15, 0.2) is 29.2 Å². The van der Waals surface area contributed by atoms with E-state index < -0.39 is 0 Å². The van der Waals surface area contributed by atoms with Crippen LogP contribution in [0, 0.1) is 5.92 Å². The van der Waals surface area contributed by atoms with Crippen LogP contribution in [0.2, 0.25) is 0 Å². The number of amides is 1. The van der Waals surface area contributed by atoms with Crippen molar-refractivity contribution in [3.8, 4) is 0 Å². The van der Waals surface area contributed by atoms with Crippen molar-refractivity contribution in [2.24, 2.45) is 5.92 Å². The molecule has 1 aromatic rings. The molecule has 1 aliphatic carbocycles. The van der Waals surface area contributed by atoms with Gasteiger partial charge in [0.2, 0.25) is 5.91 Å². The highest BCUT2D eigenvalue weighted by atomic mass is 32.2. The van der Waals surface area contributed by atoms with Crippen LogP contribution in [0.4, 0.5) is 0 Å². The van der Waals surface area contributed by atoms with Crippen molar-refractivity contribution in [3.05, 3.63) is 29.8 Å². The van der Waals surface area contributed by atoms with Gasteiger partial charge in [0.25, 0.3) is 0 Å². The fraction of sp³-hybridized carbons (Fsp3) is 0.533. The molecule has 3 rings (SSSR count). The van der Waals surface area contributed by atoms with E-state index in [2.05, 4.69) is 47.7 Å². The van der Waals surface area contributed by atoms with Gasteiger partial charge in [-0.15, -0.1) is 11.8 Å². The van der Waals surface area contributed by atoms with Crippen molar-refractivity contribution in [2.45, 2.75) is 36.9 Å². The van der Waals surface area contributed by atoms with E-state index in [0.717, 1.165) is 18.8 Å². The second-order valence-electron chi connectivity index (χ2n) is 5.59. The van der Waals surface area contributed by atoms with E-state index in [1.54, 1.807) is 11.8 Å². The summed E-state index contributed by atoms with van der Waals surface area (Å²) in [5, 5.41) is 3.34. The molecule has 1 amide bonds. The predicted octanol–water partition coefficient (Wildman–Crippen LogP) is 2.64. The molecule has 4 heteroatoms. The number of rotatable bonds is 3. The summed E-state index contributed by atoms with van der Waals surface area (Å²) in [6, 6.07) is 8.97. The lowest BCUT2D eigenvalue weighted by atomic mass is 9.80. The fourth-order valence-electron chi connectivity index (χ4n) is 3.08. The Labute approximate surface area is 118 Å². The van der Waals surface area contributed by atoms with Crippen molar-refractivity contribution < 1.29 is 4.79 Å². The van der Waals surface area contributed by atoms with Gasteiger partial charge in [0.1, 0.15) is 6.17 Å². The van der Waals surface area contributed by atoms with E-state index in [9.17, 15) is 4.79 Å². The zero-order chi connectivity index (χ0) is 13.4. The van der Waals surface area contributed by atoms with Crippen molar-refractivity contribution in [2.75, 3.05) is 12.8 Å². The summed E-state index contributed by atoms with van der Waals surface area (Å²) < 4.78 is 0. The Kier molecular flexibility index (Phi) is 3.54. The molecule has 1 saturated carbocycles. The van der Waals surface area contributed by atoms with Crippen molar-refractivity contribution >= 4 is 17.7 Å². The molecule has 0 spiro atoms. The lowest BCUT2D eigenvalue weighted by Crippen LogP contribution is -2.46. The Bertz CT molecular complexity index is 468. The van der Waals surface area contributed by atoms with Crippen LogP contribution in [0.1, 0.15) is 31.5 Å². The van der Waals surface area contributed by atoms with Crippen molar-refractivity contribution in [1.82, 2.24) is 10.2 Å². The molecule has 19 heavy (non-hydrogen) atoms. The molecule has 3 nitrogen and oxygen atoms in total. The van der Waals surface area contributed by atoms with Crippen molar-refractivity contribution in [3.63, 3.8) is 0 Å². The second kappa shape index (κ2) is 5.17. The predicted molar refractivity (Wildman–Crippen MR) is 78.0 cm³/mol. The minimum absolute atomic E-state index is 0.0703. The van der Waals surface area contributed by atoms with E-state index in [4.69, 9.17) is 0 Å². The maximum atomic E-state index is 12.1. The zero-order valence-corrected chi connectivity index (χ0v) is 12.2. The Hall–Kier alpha value is -1.00. The fourth-order valence-corrected chi connectivity index (χ4v) is 3.49. The summed E-state index contributed by atoms with van der Waals surface area (Å²) in [6.45, 7) is 2.73. The molecule has 1 atom stereocenters. The van der Waals surface area contributed by atoms with Crippen LogP contribution >= 0.6 is 11.8 Å². The normalized spacial score (nSPS) is 30.5. The number of benzene rings is 1. The second-order valence-corrected chi connectivity index (χ2v) is 6.47. The molecule has 2 aliphatic rings. The molecule has 1 unspecified atom stereocenters. The molecular weight excluding hydrogens is 256 g/mol. The van der Waals surface area contributed by atoms with E-state index in [1.807, 2.05) is 0 Å². The van der Waals surface area contributed by atoms with E-state index in [1.165, 1.54) is 10.5 Å². The molecule has 1 aromatic carbocycles. The van der Waals surface area contributed by atoms with Gasteiger partial charge in [-0.25, -0.2) is 0 Å². The molecule has 1 aliphatic heterocycles. The monoisotopic (exact) mass is 276 g/mol. The maximum absolute atomic E-state index is 12.1. The lowest BCUT2D eigenvalue weighted by molar-refractivity contribution is -0.133. The Morgan fingerprint density at radius 2 is 1.95 bits per heavy atom. The molecular formula is C15H20N2OS. The van der Waals surface area contributed by atoms with Gasteiger partial charge in [0.15, 0.2) is 0 Å². The molecule has 0 bridgehead atoms. The van der Waals surface area contributed by atoms with Gasteiger partial charge in [0.05, 0.1) is 6.54 Å². The van der Waals surface area contributed by atoms with Gasteiger partial charge in [-0.3, -0.25) is 10.1 Å². The Morgan fingerprint density at radius 3 is 2.53 bits per heavy atom. The zero-order valence-electron chi connectivity index (χ0n) is 11.4. The largest absolute Gasteiger partial charge is 0.319 e. The summed E-state index contributed by atoms with van der Waals surface area (Å²) in [5.74, 6) is 1.01. The van der Waals surface area contributed by atoms with E-state index in [-0.39, 0.29) is 12.1 Å². The van der Waals surface area contributed by atoms with E-state index in [0.29, 0.717) is 12.6 Å². The Balaban J connectivity index is 1.79. The number of carbonyl (C=O) groups excluding carboxylic acids is 1. The minimum Gasteiger partial charge on any atom is -0.319 e. The Morgan fingerprint density at radius 1 is 1.26 bits per heavy atom. The quantitative estimate of drug-likeness (QED) is 0.861. The first-order valence-electron chi connectivity index (χ1n) is 6.87. The SMILES string of the molecule is CSc1ccc(C2NCC(=O)N2C2CC(C)C2)cc1. The number of hydrogen-bond acceptors (Lipinski definition) is 3. The standard InChI is InChI=1S/C15H20N2OS/c1-10-7-12(8-10)17-14(18)9-16-15(17)11-3-5-13(19-2)6-4-11/h3-6,10,12,15-16H,7-9H2,1-2H3. The van der Waals surface area contributed by atoms with Crippen LogP contribution in [-0.4, -0.2) is 29.6 Å². The molecule has 0 aromatic heterocycles. The number of carbonyl (C=O) groups is 1. The summed E-state index contributed by atoms with van der Waals surface area (Å²) >= 11 is 1.74. The highest BCUT2D eigenvalue weighted by molar-refractivity contribution is 7.98. The van der Waals surface area contributed by atoms with Gasteiger partial charge in [-0.05, 0) is 42.7 Å². The average molecular weight is 276 g/mol. The molecule has 1 heterocycles. The van der Waals surface area contributed by atoms with Gasteiger partial charge in [-0.2, -0.15) is 0 Å². The van der Waals surface area contributed by atoms with Crippen LogP contribution in [-0.2, 0) is 4.79 Å². The number of thioether (sulfide) groups is 1. The van der Waals surface area contributed by atoms with Gasteiger partial charge >= 0.3 is 0 Å². The van der Waals surface area contributed by atoms with Crippen molar-refractivity contribution in [1.29, 1.82) is 0 Å². The minimum atomic E-state index is 0.0703. The summed E-state index contributed by atoms with van der Waals surface area (Å²) in [5.41, 5.74) is 1.20. The maximum Gasteiger partial charge on any atom is 0.238 e. The number of hydrogen-bond donors (Lipinski definition) is 1. The third-order valence-corrected chi connectivity index (χ3v) is 4.93. The van der Waals surface area contributed by atoms with Crippen LogP contribution in [0.5, 0.6) is 0 Å². The lowest BCUT2D eigenvalue weighted by Gasteiger charge is -2.42. The first-order valence-corrected chi connectivity index (χ1v) is 8.10. The molecule has 102 valence electrons. The molecule has 1 N–H and O–H groups in total. The third-order valence-electron chi connectivity index (χ3n) is 4.19. The topological polar surface area (TPSA) is 32.3 Å². The number of nitrogens with one attached hydrogen (secondary N) is 1. The summed E-state index contributed by atoms with van der Waals surface area (Å²) in [7, 11) is 0. The number of nitrogens with zero attached hydrogens (tertiary/aromatic N) is 1. The first-order chi connectivity index (χ1) is 9.19. The summed E-state index contributed by atoms with van der Waals surface area (Å²) in [6.07, 6.45) is 4.44. The highest BCUT2D eigenvalue weighted by Gasteiger charge is 2.41. The van der Waals surface area contributed by atoms with Gasteiger partial charge < -0.3 is 4.90 Å². The average Bonchev–Trinajstić information content (AvgIpc) is 2.77. The highest BCUT2D eigenvalue weighted by Crippen LogP contribution is 2.37. The first kappa shape index (κ1) is 13.0. The third kappa shape index (κ3) is 2.39.